The summed E-state index contributed by atoms with van der Waals surface area (Å²) < 4.78 is 0. The number of β-amino-alcohol motifs (C(OH)–C–C–N with tert-alkyl or cyclic N) is 1. The van der Waals surface area contributed by atoms with Crippen LogP contribution in [0.1, 0.15) is 26.7 Å². The number of carbonyl (C=O) groups is 1. The normalized spacial score (nSPS) is 25.6. The summed E-state index contributed by atoms with van der Waals surface area (Å²) in [4.78, 5) is 12.9. The van der Waals surface area contributed by atoms with Gasteiger partial charge in [0.25, 0.3) is 0 Å². The summed E-state index contributed by atoms with van der Waals surface area (Å²) in [6.45, 7) is 5.24. The molecule has 4 nitrogen and oxygen atoms in total. The lowest BCUT2D eigenvalue weighted by molar-refractivity contribution is -0.143. The first-order chi connectivity index (χ1) is 6.50. The third kappa shape index (κ3) is 2.96. The fourth-order valence-corrected chi connectivity index (χ4v) is 1.90. The predicted octanol–water partition coefficient (Wildman–Crippen LogP) is 0.552. The predicted molar refractivity (Wildman–Crippen MR) is 53.1 cm³/mol. The first-order valence-electron chi connectivity index (χ1n) is 5.15. The molecule has 0 aromatic carbocycles. The van der Waals surface area contributed by atoms with E-state index in [0.717, 1.165) is 0 Å². The molecule has 14 heavy (non-hydrogen) atoms. The summed E-state index contributed by atoms with van der Waals surface area (Å²) in [5.74, 6) is -0.401. The third-order valence-corrected chi connectivity index (χ3v) is 2.62. The lowest BCUT2D eigenvalue weighted by atomic mass is 10.0. The van der Waals surface area contributed by atoms with Crippen LogP contribution in [0.5, 0.6) is 0 Å². The zero-order chi connectivity index (χ0) is 10.7. The Morgan fingerprint density at radius 1 is 1.57 bits per heavy atom. The second-order valence-electron chi connectivity index (χ2n) is 4.42. The Labute approximate surface area is 84.5 Å². The Morgan fingerprint density at radius 3 is 2.57 bits per heavy atom. The van der Waals surface area contributed by atoms with Crippen molar-refractivity contribution in [2.45, 2.75) is 38.8 Å². The molecule has 1 saturated heterocycles. The van der Waals surface area contributed by atoms with Crippen LogP contribution < -0.4 is 0 Å². The third-order valence-electron chi connectivity index (χ3n) is 2.62. The van der Waals surface area contributed by atoms with Crippen LogP contribution in [0.4, 0.5) is 0 Å². The Kier molecular flexibility index (Phi) is 3.89. The van der Waals surface area contributed by atoms with Gasteiger partial charge in [-0.15, -0.1) is 0 Å². The quantitative estimate of drug-likeness (QED) is 0.697. The molecule has 1 aliphatic rings. The standard InChI is InChI=1S/C10H19NO3/c1-7(2)5-9(10(13)14)11-4-3-8(12)6-11/h7-9,12H,3-6H2,1-2H3,(H,13,14). The number of carboxylic acid groups (broad SMARTS) is 1. The molecule has 1 heterocycles. The van der Waals surface area contributed by atoms with Crippen molar-refractivity contribution in [1.82, 2.24) is 4.90 Å². The molecule has 0 aromatic heterocycles. The number of likely N-dealkylation sites (tertiary alicyclic amines) is 1. The maximum absolute atomic E-state index is 11.0. The maximum Gasteiger partial charge on any atom is 0.320 e. The lowest BCUT2D eigenvalue weighted by Crippen LogP contribution is -2.41. The lowest BCUT2D eigenvalue weighted by Gasteiger charge is -2.25. The SMILES string of the molecule is CC(C)CC(C(=O)O)N1CCC(O)C1. The minimum Gasteiger partial charge on any atom is -0.480 e. The van der Waals surface area contributed by atoms with E-state index in [1.165, 1.54) is 0 Å². The fraction of sp³-hybridized carbons (Fsp3) is 0.900. The molecule has 0 aliphatic carbocycles. The molecule has 1 fully saturated rings. The van der Waals surface area contributed by atoms with E-state index in [0.29, 0.717) is 31.8 Å². The van der Waals surface area contributed by atoms with E-state index in [1.54, 1.807) is 0 Å². The number of nitrogens with zero attached hydrogens (tertiary/aromatic N) is 1. The van der Waals surface area contributed by atoms with Crippen molar-refractivity contribution in [3.8, 4) is 0 Å². The molecular weight excluding hydrogens is 182 g/mol. The second-order valence-corrected chi connectivity index (χ2v) is 4.42. The highest BCUT2D eigenvalue weighted by Crippen LogP contribution is 2.18. The number of hydrogen-bond acceptors (Lipinski definition) is 3. The van der Waals surface area contributed by atoms with Gasteiger partial charge >= 0.3 is 5.97 Å². The van der Waals surface area contributed by atoms with Crippen molar-refractivity contribution in [1.29, 1.82) is 0 Å². The maximum atomic E-state index is 11.0. The summed E-state index contributed by atoms with van der Waals surface area (Å²) >= 11 is 0. The van der Waals surface area contributed by atoms with Gasteiger partial charge in [-0.25, -0.2) is 0 Å². The minimum absolute atomic E-state index is 0.344. The molecular formula is C10H19NO3. The van der Waals surface area contributed by atoms with E-state index in [-0.39, 0.29) is 6.10 Å². The van der Waals surface area contributed by atoms with E-state index >= 15 is 0 Å². The van der Waals surface area contributed by atoms with E-state index in [9.17, 15) is 9.90 Å². The number of aliphatic hydroxyl groups is 1. The van der Waals surface area contributed by atoms with Gasteiger partial charge in [0.2, 0.25) is 0 Å². The minimum atomic E-state index is -0.771. The molecule has 0 spiro atoms. The van der Waals surface area contributed by atoms with Crippen molar-refractivity contribution >= 4 is 5.97 Å². The van der Waals surface area contributed by atoms with Gasteiger partial charge in [-0.2, -0.15) is 0 Å². The van der Waals surface area contributed by atoms with Crippen LogP contribution in [0.15, 0.2) is 0 Å². The molecule has 0 radical (unpaired) electrons. The van der Waals surface area contributed by atoms with Crippen molar-refractivity contribution in [3.63, 3.8) is 0 Å². The van der Waals surface area contributed by atoms with E-state index < -0.39 is 12.0 Å². The molecule has 82 valence electrons. The summed E-state index contributed by atoms with van der Waals surface area (Å²) in [5.41, 5.74) is 0. The molecule has 1 aliphatic heterocycles. The first kappa shape index (κ1) is 11.5. The van der Waals surface area contributed by atoms with E-state index in [2.05, 4.69) is 0 Å². The number of carboxylic acids is 1. The summed E-state index contributed by atoms with van der Waals surface area (Å²) in [6, 6.07) is -0.424. The van der Waals surface area contributed by atoms with Crippen LogP contribution in [-0.2, 0) is 4.79 Å². The van der Waals surface area contributed by atoms with E-state index in [4.69, 9.17) is 5.11 Å². The zero-order valence-corrected chi connectivity index (χ0v) is 8.81. The molecule has 0 saturated carbocycles. The van der Waals surface area contributed by atoms with Crippen LogP contribution in [0, 0.1) is 5.92 Å². The number of hydrogen-bond donors (Lipinski definition) is 2. The highest BCUT2D eigenvalue weighted by molar-refractivity contribution is 5.73. The van der Waals surface area contributed by atoms with Gasteiger partial charge in [-0.1, -0.05) is 13.8 Å². The van der Waals surface area contributed by atoms with Crippen molar-refractivity contribution in [3.05, 3.63) is 0 Å². The van der Waals surface area contributed by atoms with Gasteiger partial charge in [0, 0.05) is 13.1 Å². The molecule has 2 atom stereocenters. The Morgan fingerprint density at radius 2 is 2.21 bits per heavy atom. The highest BCUT2D eigenvalue weighted by Gasteiger charge is 2.31. The van der Waals surface area contributed by atoms with Crippen molar-refractivity contribution in [2.24, 2.45) is 5.92 Å². The monoisotopic (exact) mass is 201 g/mol. The number of aliphatic hydroxyl groups excluding tert-OH is 1. The average Bonchev–Trinajstić information content (AvgIpc) is 2.46. The summed E-state index contributed by atoms with van der Waals surface area (Å²) in [6.07, 6.45) is 1.01. The fourth-order valence-electron chi connectivity index (χ4n) is 1.90. The first-order valence-corrected chi connectivity index (χ1v) is 5.15. The highest BCUT2D eigenvalue weighted by atomic mass is 16.4. The molecule has 0 aromatic rings. The van der Waals surface area contributed by atoms with Crippen molar-refractivity contribution in [2.75, 3.05) is 13.1 Å². The van der Waals surface area contributed by atoms with Gasteiger partial charge in [-0.3, -0.25) is 9.69 Å². The van der Waals surface area contributed by atoms with Crippen LogP contribution in [0.3, 0.4) is 0 Å². The Hall–Kier alpha value is -0.610. The number of rotatable bonds is 4. The Bertz CT molecular complexity index is 206. The summed E-state index contributed by atoms with van der Waals surface area (Å²) in [7, 11) is 0. The zero-order valence-electron chi connectivity index (χ0n) is 8.81. The van der Waals surface area contributed by atoms with Gasteiger partial charge in [0.15, 0.2) is 0 Å². The van der Waals surface area contributed by atoms with Crippen LogP contribution in [-0.4, -0.2) is 46.3 Å². The van der Waals surface area contributed by atoms with Gasteiger partial charge in [0.1, 0.15) is 6.04 Å². The van der Waals surface area contributed by atoms with E-state index in [1.807, 2.05) is 18.7 Å². The molecule has 1 rings (SSSR count). The van der Waals surface area contributed by atoms with Crippen LogP contribution in [0.25, 0.3) is 0 Å². The molecule has 2 N–H and O–H groups in total. The molecule has 0 amide bonds. The second kappa shape index (κ2) is 4.75. The van der Waals surface area contributed by atoms with Crippen molar-refractivity contribution < 1.29 is 15.0 Å². The largest absolute Gasteiger partial charge is 0.480 e. The Balaban J connectivity index is 2.54. The van der Waals surface area contributed by atoms with Crippen LogP contribution >= 0.6 is 0 Å². The van der Waals surface area contributed by atoms with Crippen LogP contribution in [0.2, 0.25) is 0 Å². The number of aliphatic carboxylic acids is 1. The van der Waals surface area contributed by atoms with Gasteiger partial charge in [0.05, 0.1) is 6.10 Å². The smallest absolute Gasteiger partial charge is 0.320 e. The summed E-state index contributed by atoms with van der Waals surface area (Å²) in [5, 5.41) is 18.4. The van der Waals surface area contributed by atoms with Gasteiger partial charge in [-0.05, 0) is 18.8 Å². The molecule has 4 heteroatoms. The molecule has 0 bridgehead atoms. The van der Waals surface area contributed by atoms with Gasteiger partial charge < -0.3 is 10.2 Å². The average molecular weight is 201 g/mol. The molecule has 2 unspecified atom stereocenters. The topological polar surface area (TPSA) is 60.8 Å².